The number of carbonyl (C=O) groups is 2. The number of benzene rings is 2. The molecule has 0 radical (unpaired) electrons. The van der Waals surface area contributed by atoms with Crippen LogP contribution in [0.5, 0.6) is 0 Å². The summed E-state index contributed by atoms with van der Waals surface area (Å²) in [5.41, 5.74) is 3.99. The molecule has 244 valence electrons. The standard InChI is InChI=1S/C37H51N3O4S/c1-4-34(36(42)38-32-12-6-5-7-13-32)39(24-30-11-9-8-10-26(30)2)35(41)25-40(45(3,43)44)33-16-14-31(15-17-33)37-21-27-18-28(22-37)20-29(19-27)23-37/h8-11,14-17,27-29,32,34H,4-7,12-13,18-25H2,1-3H3,(H,38,42)/t27?,28?,29?,34-,37?/m1/s1. The lowest BCUT2D eigenvalue weighted by molar-refractivity contribution is -0.140. The second kappa shape index (κ2) is 13.1. The SMILES string of the molecule is CC[C@H](C(=O)NC1CCCCC1)N(Cc1ccccc1C)C(=O)CN(c1ccc(C23CC4CC(CC(C4)C2)C3)cc1)S(C)(=O)=O. The van der Waals surface area contributed by atoms with E-state index in [4.69, 9.17) is 0 Å². The number of hydrogen-bond acceptors (Lipinski definition) is 4. The molecular formula is C37H51N3O4S. The van der Waals surface area contributed by atoms with Crippen LogP contribution in [0.3, 0.4) is 0 Å². The maximum atomic E-state index is 14.2. The molecule has 0 aromatic heterocycles. The van der Waals surface area contributed by atoms with Crippen molar-refractivity contribution < 1.29 is 18.0 Å². The number of nitrogens with one attached hydrogen (secondary N) is 1. The van der Waals surface area contributed by atoms with Crippen molar-refractivity contribution in [1.82, 2.24) is 10.2 Å². The maximum absolute atomic E-state index is 14.2. The molecule has 5 fully saturated rings. The fraction of sp³-hybridized carbons (Fsp3) is 0.622. The largest absolute Gasteiger partial charge is 0.352 e. The van der Waals surface area contributed by atoms with Crippen LogP contribution in [0.2, 0.25) is 0 Å². The Bertz CT molecular complexity index is 1450. The van der Waals surface area contributed by atoms with Crippen molar-refractivity contribution in [2.75, 3.05) is 17.1 Å². The molecule has 0 aliphatic heterocycles. The first-order valence-electron chi connectivity index (χ1n) is 17.3. The number of carbonyl (C=O) groups excluding carboxylic acids is 2. The zero-order valence-electron chi connectivity index (χ0n) is 27.3. The van der Waals surface area contributed by atoms with Crippen molar-refractivity contribution in [1.29, 1.82) is 0 Å². The van der Waals surface area contributed by atoms with E-state index >= 15 is 0 Å². The van der Waals surface area contributed by atoms with Gasteiger partial charge in [-0.3, -0.25) is 13.9 Å². The van der Waals surface area contributed by atoms with E-state index in [9.17, 15) is 18.0 Å². The van der Waals surface area contributed by atoms with Gasteiger partial charge < -0.3 is 10.2 Å². The van der Waals surface area contributed by atoms with Crippen molar-refractivity contribution in [2.24, 2.45) is 17.8 Å². The fourth-order valence-electron chi connectivity index (χ4n) is 9.49. The first-order chi connectivity index (χ1) is 21.5. The number of nitrogens with zero attached hydrogens (tertiary/aromatic N) is 2. The molecule has 2 aromatic carbocycles. The van der Waals surface area contributed by atoms with Crippen LogP contribution in [-0.4, -0.2) is 50.0 Å². The van der Waals surface area contributed by atoms with Crippen molar-refractivity contribution >= 4 is 27.5 Å². The van der Waals surface area contributed by atoms with E-state index in [1.165, 1.54) is 54.8 Å². The molecular weight excluding hydrogens is 582 g/mol. The van der Waals surface area contributed by atoms with Gasteiger partial charge >= 0.3 is 0 Å². The monoisotopic (exact) mass is 633 g/mol. The van der Waals surface area contributed by atoms with Gasteiger partial charge in [-0.25, -0.2) is 8.42 Å². The lowest BCUT2D eigenvalue weighted by atomic mass is 9.48. The summed E-state index contributed by atoms with van der Waals surface area (Å²) in [7, 11) is -3.78. The molecule has 8 heteroatoms. The Kier molecular flexibility index (Phi) is 9.33. The van der Waals surface area contributed by atoms with E-state index in [1.807, 2.05) is 50.2 Å². The van der Waals surface area contributed by atoms with Crippen LogP contribution in [0.15, 0.2) is 48.5 Å². The van der Waals surface area contributed by atoms with Gasteiger partial charge in [-0.05, 0) is 117 Å². The van der Waals surface area contributed by atoms with Crippen LogP contribution in [0.1, 0.15) is 101 Å². The molecule has 0 saturated heterocycles. The molecule has 5 saturated carbocycles. The number of aryl methyl sites for hydroxylation is 1. The third-order valence-corrected chi connectivity index (χ3v) is 12.6. The maximum Gasteiger partial charge on any atom is 0.244 e. The summed E-state index contributed by atoms with van der Waals surface area (Å²) < 4.78 is 27.7. The molecule has 5 aliphatic carbocycles. The Morgan fingerprint density at radius 1 is 0.911 bits per heavy atom. The van der Waals surface area contributed by atoms with Gasteiger partial charge in [0, 0.05) is 12.6 Å². The van der Waals surface area contributed by atoms with Crippen LogP contribution in [-0.2, 0) is 31.6 Å². The molecule has 7 rings (SSSR count). The Morgan fingerprint density at radius 3 is 2.07 bits per heavy atom. The molecule has 1 atom stereocenters. The highest BCUT2D eigenvalue weighted by atomic mass is 32.2. The highest BCUT2D eigenvalue weighted by Crippen LogP contribution is 2.60. The zero-order chi connectivity index (χ0) is 31.8. The van der Waals surface area contributed by atoms with E-state index < -0.39 is 16.1 Å². The van der Waals surface area contributed by atoms with Crippen molar-refractivity contribution in [3.8, 4) is 0 Å². The normalized spacial score (nSPS) is 26.8. The second-order valence-corrected chi connectivity index (χ2v) is 16.6. The van der Waals surface area contributed by atoms with Gasteiger partial charge in [-0.15, -0.1) is 0 Å². The number of sulfonamides is 1. The van der Waals surface area contributed by atoms with Crippen molar-refractivity contribution in [3.63, 3.8) is 0 Å². The molecule has 7 nitrogen and oxygen atoms in total. The highest BCUT2D eigenvalue weighted by molar-refractivity contribution is 7.92. The molecule has 0 unspecified atom stereocenters. The molecule has 5 aliphatic rings. The van der Waals surface area contributed by atoms with Gasteiger partial charge in [0.15, 0.2) is 0 Å². The third-order valence-electron chi connectivity index (χ3n) is 11.4. The molecule has 45 heavy (non-hydrogen) atoms. The number of rotatable bonds is 11. The minimum Gasteiger partial charge on any atom is -0.352 e. The summed E-state index contributed by atoms with van der Waals surface area (Å²) in [4.78, 5) is 29.5. The van der Waals surface area contributed by atoms with E-state index in [-0.39, 0.29) is 36.4 Å². The zero-order valence-corrected chi connectivity index (χ0v) is 28.2. The molecule has 2 amide bonds. The first-order valence-corrected chi connectivity index (χ1v) is 19.1. The first kappa shape index (κ1) is 32.1. The highest BCUT2D eigenvalue weighted by Gasteiger charge is 2.51. The van der Waals surface area contributed by atoms with Crippen LogP contribution < -0.4 is 9.62 Å². The predicted octanol–water partition coefficient (Wildman–Crippen LogP) is 6.49. The average molecular weight is 634 g/mol. The second-order valence-electron chi connectivity index (χ2n) is 14.7. The van der Waals surface area contributed by atoms with Crippen molar-refractivity contribution in [2.45, 2.75) is 115 Å². The molecule has 1 N–H and O–H groups in total. The minimum atomic E-state index is -3.78. The van der Waals surface area contributed by atoms with Crippen LogP contribution in [0.4, 0.5) is 5.69 Å². The van der Waals surface area contributed by atoms with E-state index in [2.05, 4.69) is 17.4 Å². The van der Waals surface area contributed by atoms with Gasteiger partial charge in [-0.1, -0.05) is 62.6 Å². The fourth-order valence-corrected chi connectivity index (χ4v) is 10.3. The lowest BCUT2D eigenvalue weighted by Gasteiger charge is -2.57. The van der Waals surface area contributed by atoms with Crippen LogP contribution in [0.25, 0.3) is 0 Å². The molecule has 0 spiro atoms. The smallest absolute Gasteiger partial charge is 0.244 e. The quantitative estimate of drug-likeness (QED) is 0.307. The van der Waals surface area contributed by atoms with Gasteiger partial charge in [0.1, 0.15) is 12.6 Å². The van der Waals surface area contributed by atoms with Gasteiger partial charge in [-0.2, -0.15) is 0 Å². The summed E-state index contributed by atoms with van der Waals surface area (Å²) in [5.74, 6) is 1.93. The lowest BCUT2D eigenvalue weighted by Crippen LogP contribution is -2.54. The molecule has 2 aromatic rings. The number of hydrogen-bond donors (Lipinski definition) is 1. The Hall–Kier alpha value is -2.87. The molecule has 0 heterocycles. The summed E-state index contributed by atoms with van der Waals surface area (Å²) in [6.07, 6.45) is 14.7. The van der Waals surface area contributed by atoms with Crippen LogP contribution >= 0.6 is 0 Å². The van der Waals surface area contributed by atoms with Crippen LogP contribution in [0, 0.1) is 24.7 Å². The third kappa shape index (κ3) is 6.96. The van der Waals surface area contributed by atoms with Gasteiger partial charge in [0.05, 0.1) is 11.9 Å². The summed E-state index contributed by atoms with van der Waals surface area (Å²) in [6.45, 7) is 3.80. The summed E-state index contributed by atoms with van der Waals surface area (Å²) in [5, 5.41) is 3.22. The number of amides is 2. The van der Waals surface area contributed by atoms with Gasteiger partial charge in [0.2, 0.25) is 21.8 Å². The number of anilines is 1. The summed E-state index contributed by atoms with van der Waals surface area (Å²) >= 11 is 0. The Balaban J connectivity index is 1.25. The van der Waals surface area contributed by atoms with E-state index in [0.29, 0.717) is 12.1 Å². The molecule has 4 bridgehead atoms. The Morgan fingerprint density at radius 2 is 1.51 bits per heavy atom. The predicted molar refractivity (Wildman–Crippen MR) is 179 cm³/mol. The Labute approximate surface area is 270 Å². The minimum absolute atomic E-state index is 0.121. The van der Waals surface area contributed by atoms with Crippen molar-refractivity contribution in [3.05, 3.63) is 65.2 Å². The summed E-state index contributed by atoms with van der Waals surface area (Å²) in [6, 6.07) is 15.3. The van der Waals surface area contributed by atoms with E-state index in [0.717, 1.165) is 60.8 Å². The average Bonchev–Trinajstić information content (AvgIpc) is 3.00. The topological polar surface area (TPSA) is 86.8 Å². The van der Waals surface area contributed by atoms with Gasteiger partial charge in [0.25, 0.3) is 0 Å². The van der Waals surface area contributed by atoms with E-state index in [1.54, 1.807) is 4.90 Å².